The van der Waals surface area contributed by atoms with Gasteiger partial charge in [-0.15, -0.1) is 0 Å². The average molecular weight is 291 g/mol. The second kappa shape index (κ2) is 4.45. The molecule has 1 aliphatic heterocycles. The minimum atomic E-state index is -0.243. The van der Waals surface area contributed by atoms with E-state index >= 15 is 0 Å². The summed E-state index contributed by atoms with van der Waals surface area (Å²) in [7, 11) is 0. The van der Waals surface area contributed by atoms with Crippen LogP contribution in [0.4, 0.5) is 4.39 Å². The van der Waals surface area contributed by atoms with Crippen LogP contribution >= 0.6 is 0 Å². The smallest absolute Gasteiger partial charge is 0.125 e. The first-order valence-corrected chi connectivity index (χ1v) is 7.84. The molecule has 1 unspecified atom stereocenters. The third-order valence-corrected chi connectivity index (χ3v) is 4.85. The van der Waals surface area contributed by atoms with Gasteiger partial charge >= 0.3 is 0 Å². The highest BCUT2D eigenvalue weighted by Gasteiger charge is 2.51. The number of benzene rings is 1. The van der Waals surface area contributed by atoms with Crippen LogP contribution in [0.1, 0.15) is 65.0 Å². The summed E-state index contributed by atoms with van der Waals surface area (Å²) >= 11 is 0. The quantitative estimate of drug-likeness (QED) is 0.759. The first-order chi connectivity index (χ1) is 9.60. The van der Waals surface area contributed by atoms with Crippen molar-refractivity contribution in [3.63, 3.8) is 0 Å². The molecule has 0 aromatic heterocycles. The summed E-state index contributed by atoms with van der Waals surface area (Å²) in [6.07, 6.45) is 3.98. The average Bonchev–Trinajstić information content (AvgIpc) is 2.25. The van der Waals surface area contributed by atoms with E-state index in [-0.39, 0.29) is 28.3 Å². The molecule has 1 atom stereocenters. The lowest BCUT2D eigenvalue weighted by molar-refractivity contribution is -0.0840. The van der Waals surface area contributed by atoms with E-state index in [4.69, 9.17) is 10.5 Å². The summed E-state index contributed by atoms with van der Waals surface area (Å²) in [5.41, 5.74) is 7.42. The third kappa shape index (κ3) is 2.80. The van der Waals surface area contributed by atoms with Gasteiger partial charge in [-0.2, -0.15) is 0 Å². The molecule has 0 amide bonds. The van der Waals surface area contributed by atoms with Crippen molar-refractivity contribution in [2.45, 2.75) is 65.0 Å². The molecule has 1 aromatic carbocycles. The Morgan fingerprint density at radius 2 is 1.71 bits per heavy atom. The maximum atomic E-state index is 13.4. The van der Waals surface area contributed by atoms with Crippen molar-refractivity contribution in [3.05, 3.63) is 29.6 Å². The van der Waals surface area contributed by atoms with Gasteiger partial charge in [-0.25, -0.2) is 4.39 Å². The summed E-state index contributed by atoms with van der Waals surface area (Å²) < 4.78 is 19.8. The highest BCUT2D eigenvalue weighted by molar-refractivity contribution is 5.39. The highest BCUT2D eigenvalue weighted by atomic mass is 19.1. The molecule has 0 radical (unpaired) electrons. The van der Waals surface area contributed by atoms with Gasteiger partial charge in [0.25, 0.3) is 0 Å². The molecular formula is C18H26FNO. The van der Waals surface area contributed by atoms with Crippen molar-refractivity contribution in [3.8, 4) is 5.75 Å². The van der Waals surface area contributed by atoms with E-state index in [1.54, 1.807) is 6.07 Å². The summed E-state index contributed by atoms with van der Waals surface area (Å²) in [5, 5.41) is 0. The normalized spacial score (nSPS) is 28.8. The molecule has 2 N–H and O–H groups in total. The zero-order chi connectivity index (χ0) is 15.5. The fourth-order valence-electron chi connectivity index (χ4n) is 5.13. The standard InChI is InChI=1S/C18H26FNO/c1-16(2)9-17(3,4)11-18(10-16)8-14(20)13-7-12(19)5-6-15(13)21-18/h5-7,14H,8-11,20H2,1-4H3. The maximum Gasteiger partial charge on any atom is 0.125 e. The number of fused-ring (bicyclic) bond motifs is 1. The third-order valence-electron chi connectivity index (χ3n) is 4.85. The summed E-state index contributed by atoms with van der Waals surface area (Å²) in [6, 6.07) is 4.57. The van der Waals surface area contributed by atoms with Gasteiger partial charge in [-0.1, -0.05) is 27.7 Å². The molecule has 1 fully saturated rings. The Balaban J connectivity index is 1.99. The second-order valence-electron chi connectivity index (χ2n) is 8.64. The Kier molecular flexibility index (Phi) is 3.14. The molecule has 1 aromatic rings. The van der Waals surface area contributed by atoms with Crippen LogP contribution in [0.3, 0.4) is 0 Å². The Morgan fingerprint density at radius 1 is 1.10 bits per heavy atom. The van der Waals surface area contributed by atoms with Crippen LogP contribution in [0.2, 0.25) is 0 Å². The molecule has 2 nitrogen and oxygen atoms in total. The lowest BCUT2D eigenvalue weighted by Crippen LogP contribution is -2.52. The van der Waals surface area contributed by atoms with Crippen molar-refractivity contribution < 1.29 is 9.13 Å². The lowest BCUT2D eigenvalue weighted by atomic mass is 9.58. The SMILES string of the molecule is CC1(C)CC(C)(C)CC2(CC(N)c3cc(F)ccc3O2)C1. The molecule has 116 valence electrons. The summed E-state index contributed by atoms with van der Waals surface area (Å²) in [6.45, 7) is 9.24. The monoisotopic (exact) mass is 291 g/mol. The molecule has 1 spiro atoms. The minimum absolute atomic E-state index is 0.144. The van der Waals surface area contributed by atoms with Gasteiger partial charge in [0, 0.05) is 18.0 Å². The van der Waals surface area contributed by atoms with Gasteiger partial charge < -0.3 is 10.5 Å². The van der Waals surface area contributed by atoms with E-state index in [0.29, 0.717) is 0 Å². The molecule has 0 saturated heterocycles. The fourth-order valence-corrected chi connectivity index (χ4v) is 5.13. The van der Waals surface area contributed by atoms with Crippen LogP contribution in [0.15, 0.2) is 18.2 Å². The van der Waals surface area contributed by atoms with Crippen LogP contribution in [-0.2, 0) is 0 Å². The Bertz CT molecular complexity index is 548. The first-order valence-electron chi connectivity index (χ1n) is 7.84. The first kappa shape index (κ1) is 14.8. The highest BCUT2D eigenvalue weighted by Crippen LogP contribution is 2.55. The Hall–Kier alpha value is -1.09. The van der Waals surface area contributed by atoms with Crippen LogP contribution in [0, 0.1) is 16.6 Å². The molecule has 1 saturated carbocycles. The summed E-state index contributed by atoms with van der Waals surface area (Å²) in [4.78, 5) is 0. The van der Waals surface area contributed by atoms with Crippen molar-refractivity contribution >= 4 is 0 Å². The number of nitrogens with two attached hydrogens (primary N) is 1. The van der Waals surface area contributed by atoms with E-state index in [2.05, 4.69) is 27.7 Å². The minimum Gasteiger partial charge on any atom is -0.487 e. The fraction of sp³-hybridized carbons (Fsp3) is 0.667. The van der Waals surface area contributed by atoms with Crippen molar-refractivity contribution in [2.24, 2.45) is 16.6 Å². The molecule has 21 heavy (non-hydrogen) atoms. The predicted molar refractivity (Wildman–Crippen MR) is 82.7 cm³/mol. The Morgan fingerprint density at radius 3 is 2.33 bits per heavy atom. The second-order valence-corrected chi connectivity index (χ2v) is 8.64. The zero-order valence-electron chi connectivity index (χ0n) is 13.5. The number of hydrogen-bond acceptors (Lipinski definition) is 2. The maximum absolute atomic E-state index is 13.4. The van der Waals surface area contributed by atoms with Crippen LogP contribution < -0.4 is 10.5 Å². The Labute approximate surface area is 126 Å². The van der Waals surface area contributed by atoms with Crippen molar-refractivity contribution in [1.29, 1.82) is 0 Å². The largest absolute Gasteiger partial charge is 0.487 e. The molecule has 1 aliphatic carbocycles. The van der Waals surface area contributed by atoms with E-state index in [1.165, 1.54) is 18.6 Å². The number of halogens is 1. The van der Waals surface area contributed by atoms with Crippen LogP contribution in [0.5, 0.6) is 5.75 Å². The molecule has 2 aliphatic rings. The number of rotatable bonds is 0. The van der Waals surface area contributed by atoms with Crippen molar-refractivity contribution in [2.75, 3.05) is 0 Å². The molecule has 1 heterocycles. The molecule has 3 rings (SSSR count). The van der Waals surface area contributed by atoms with Gasteiger partial charge in [0.05, 0.1) is 0 Å². The van der Waals surface area contributed by atoms with Gasteiger partial charge in [-0.05, 0) is 48.3 Å². The molecule has 3 heteroatoms. The van der Waals surface area contributed by atoms with Crippen LogP contribution in [0.25, 0.3) is 0 Å². The number of ether oxygens (including phenoxy) is 1. The lowest BCUT2D eigenvalue weighted by Gasteiger charge is -2.54. The van der Waals surface area contributed by atoms with Gasteiger partial charge in [0.15, 0.2) is 0 Å². The molecule has 0 bridgehead atoms. The summed E-state index contributed by atoms with van der Waals surface area (Å²) in [5.74, 6) is 0.525. The topological polar surface area (TPSA) is 35.2 Å². The van der Waals surface area contributed by atoms with E-state index < -0.39 is 0 Å². The van der Waals surface area contributed by atoms with E-state index in [9.17, 15) is 4.39 Å². The van der Waals surface area contributed by atoms with Gasteiger partial charge in [0.1, 0.15) is 17.2 Å². The predicted octanol–water partition coefficient (Wildman–Crippen LogP) is 4.58. The molecular weight excluding hydrogens is 265 g/mol. The van der Waals surface area contributed by atoms with E-state index in [0.717, 1.165) is 30.6 Å². The van der Waals surface area contributed by atoms with Crippen molar-refractivity contribution in [1.82, 2.24) is 0 Å². The van der Waals surface area contributed by atoms with Gasteiger partial charge in [-0.3, -0.25) is 0 Å². The zero-order valence-corrected chi connectivity index (χ0v) is 13.5. The van der Waals surface area contributed by atoms with E-state index in [1.807, 2.05) is 0 Å². The van der Waals surface area contributed by atoms with Gasteiger partial charge in [0.2, 0.25) is 0 Å². The van der Waals surface area contributed by atoms with Crippen LogP contribution in [-0.4, -0.2) is 5.60 Å². The number of hydrogen-bond donors (Lipinski definition) is 1.